The highest BCUT2D eigenvalue weighted by Gasteiger charge is 2.27. The maximum absolute atomic E-state index is 12.5. The molecule has 0 radical (unpaired) electrons. The molecular weight excluding hydrogens is 334 g/mol. The van der Waals surface area contributed by atoms with Crippen LogP contribution in [-0.4, -0.2) is 57.2 Å². The summed E-state index contributed by atoms with van der Waals surface area (Å²) in [4.78, 5) is 34.8. The number of amides is 2. The van der Waals surface area contributed by atoms with E-state index in [4.69, 9.17) is 4.74 Å². The minimum Gasteiger partial charge on any atom is -0.450 e. The molecule has 0 atom stereocenters. The lowest BCUT2D eigenvalue weighted by Gasteiger charge is -2.31. The Bertz CT molecular complexity index is 821. The molecular formula is C18H23N5O3. The number of nitrogens with zero attached hydrogens (tertiary/aromatic N) is 4. The Morgan fingerprint density at radius 1 is 1.23 bits per heavy atom. The van der Waals surface area contributed by atoms with E-state index in [-0.39, 0.29) is 18.0 Å². The summed E-state index contributed by atoms with van der Waals surface area (Å²) in [6.07, 6.45) is 6.92. The van der Waals surface area contributed by atoms with Crippen LogP contribution in [-0.2, 0) is 4.74 Å². The summed E-state index contributed by atoms with van der Waals surface area (Å²) in [5.74, 6) is -0.144. The molecule has 4 rings (SSSR count). The third-order valence-corrected chi connectivity index (χ3v) is 4.97. The number of rotatable bonds is 4. The molecule has 1 saturated carbocycles. The van der Waals surface area contributed by atoms with Gasteiger partial charge in [-0.25, -0.2) is 14.8 Å². The van der Waals surface area contributed by atoms with Crippen LogP contribution >= 0.6 is 0 Å². The number of piperidine rings is 1. The molecule has 8 nitrogen and oxygen atoms in total. The van der Waals surface area contributed by atoms with Gasteiger partial charge < -0.3 is 19.5 Å². The third-order valence-electron chi connectivity index (χ3n) is 4.97. The molecule has 1 aliphatic heterocycles. The van der Waals surface area contributed by atoms with E-state index < -0.39 is 0 Å². The molecule has 8 heteroatoms. The van der Waals surface area contributed by atoms with E-state index in [0.29, 0.717) is 31.3 Å². The number of hydrogen-bond donors (Lipinski definition) is 1. The molecule has 0 spiro atoms. The first kappa shape index (κ1) is 16.8. The predicted octanol–water partition coefficient (Wildman–Crippen LogP) is 2.12. The van der Waals surface area contributed by atoms with E-state index >= 15 is 0 Å². The molecule has 138 valence electrons. The highest BCUT2D eigenvalue weighted by molar-refractivity contribution is 5.96. The van der Waals surface area contributed by atoms with Crippen molar-refractivity contribution in [3.05, 3.63) is 24.2 Å². The van der Waals surface area contributed by atoms with Crippen molar-refractivity contribution < 1.29 is 14.3 Å². The van der Waals surface area contributed by atoms with Crippen LogP contribution in [0.3, 0.4) is 0 Å². The van der Waals surface area contributed by atoms with Crippen molar-refractivity contribution >= 4 is 23.2 Å². The SMILES string of the molecule is CCOC(=O)N1CCC(NC(=O)c2cnc3c(c2)ncn3C2CC2)CC1. The molecule has 26 heavy (non-hydrogen) atoms. The smallest absolute Gasteiger partial charge is 0.409 e. The third kappa shape index (κ3) is 3.36. The van der Waals surface area contributed by atoms with Crippen molar-refractivity contribution in [2.24, 2.45) is 0 Å². The maximum Gasteiger partial charge on any atom is 0.409 e. The van der Waals surface area contributed by atoms with E-state index in [1.54, 1.807) is 24.1 Å². The number of carbonyl (C=O) groups excluding carboxylic acids is 2. The van der Waals surface area contributed by atoms with Gasteiger partial charge >= 0.3 is 6.09 Å². The number of pyridine rings is 1. The van der Waals surface area contributed by atoms with Gasteiger partial charge in [0, 0.05) is 31.4 Å². The minimum atomic E-state index is -0.279. The first-order chi connectivity index (χ1) is 12.7. The lowest BCUT2D eigenvalue weighted by molar-refractivity contribution is 0.0860. The second-order valence-corrected chi connectivity index (χ2v) is 6.88. The molecule has 3 heterocycles. The fourth-order valence-corrected chi connectivity index (χ4v) is 3.35. The largest absolute Gasteiger partial charge is 0.450 e. The Morgan fingerprint density at radius 2 is 2.00 bits per heavy atom. The normalized spacial score (nSPS) is 18.1. The fourth-order valence-electron chi connectivity index (χ4n) is 3.35. The Kier molecular flexibility index (Phi) is 4.48. The van der Waals surface area contributed by atoms with Gasteiger partial charge in [0.25, 0.3) is 5.91 Å². The van der Waals surface area contributed by atoms with Gasteiger partial charge in [-0.2, -0.15) is 0 Å². The monoisotopic (exact) mass is 357 g/mol. The minimum absolute atomic E-state index is 0.0490. The second-order valence-electron chi connectivity index (χ2n) is 6.88. The topological polar surface area (TPSA) is 89.3 Å². The van der Waals surface area contributed by atoms with Gasteiger partial charge in [-0.05, 0) is 38.7 Å². The van der Waals surface area contributed by atoms with Crippen molar-refractivity contribution in [1.82, 2.24) is 24.8 Å². The summed E-state index contributed by atoms with van der Waals surface area (Å²) < 4.78 is 7.10. The van der Waals surface area contributed by atoms with Crippen LogP contribution in [0.15, 0.2) is 18.6 Å². The number of imidazole rings is 1. The zero-order valence-corrected chi connectivity index (χ0v) is 14.9. The van der Waals surface area contributed by atoms with Gasteiger partial charge in [-0.3, -0.25) is 4.79 Å². The number of hydrogen-bond acceptors (Lipinski definition) is 5. The molecule has 0 aromatic carbocycles. The van der Waals surface area contributed by atoms with E-state index in [9.17, 15) is 9.59 Å². The molecule has 2 fully saturated rings. The summed E-state index contributed by atoms with van der Waals surface area (Å²) in [6, 6.07) is 2.36. The van der Waals surface area contributed by atoms with Gasteiger partial charge in [0.05, 0.1) is 18.5 Å². The number of fused-ring (bicyclic) bond motifs is 1. The van der Waals surface area contributed by atoms with Gasteiger partial charge in [-0.15, -0.1) is 0 Å². The number of ether oxygens (including phenoxy) is 1. The summed E-state index contributed by atoms with van der Waals surface area (Å²) in [5, 5.41) is 3.04. The van der Waals surface area contributed by atoms with Gasteiger partial charge in [0.1, 0.15) is 5.52 Å². The summed E-state index contributed by atoms with van der Waals surface area (Å²) in [5.41, 5.74) is 2.11. The molecule has 2 aliphatic rings. The molecule has 2 aromatic rings. The standard InChI is InChI=1S/C18H23N5O3/c1-2-26-18(25)22-7-5-13(6-8-22)21-17(24)12-9-15-16(19-10-12)23(11-20-15)14-3-4-14/h9-11,13-14H,2-8H2,1H3,(H,21,24). The van der Waals surface area contributed by atoms with E-state index in [2.05, 4.69) is 19.9 Å². The molecule has 1 aliphatic carbocycles. The summed E-state index contributed by atoms with van der Waals surface area (Å²) >= 11 is 0. The maximum atomic E-state index is 12.5. The highest BCUT2D eigenvalue weighted by Crippen LogP contribution is 2.36. The zero-order chi connectivity index (χ0) is 18.1. The molecule has 0 bridgehead atoms. The number of aromatic nitrogens is 3. The molecule has 0 unspecified atom stereocenters. The highest BCUT2D eigenvalue weighted by atomic mass is 16.6. The Labute approximate surface area is 151 Å². The first-order valence-electron chi connectivity index (χ1n) is 9.21. The van der Waals surface area contributed by atoms with Gasteiger partial charge in [0.2, 0.25) is 0 Å². The number of likely N-dealkylation sites (tertiary alicyclic amines) is 1. The summed E-state index contributed by atoms with van der Waals surface area (Å²) in [7, 11) is 0. The molecule has 1 saturated heterocycles. The van der Waals surface area contributed by atoms with Crippen molar-refractivity contribution in [2.75, 3.05) is 19.7 Å². The van der Waals surface area contributed by atoms with Crippen molar-refractivity contribution in [3.8, 4) is 0 Å². The average molecular weight is 357 g/mol. The van der Waals surface area contributed by atoms with E-state index in [1.807, 2.05) is 6.33 Å². The predicted molar refractivity (Wildman–Crippen MR) is 94.9 cm³/mol. The van der Waals surface area contributed by atoms with E-state index in [1.165, 1.54) is 12.8 Å². The van der Waals surface area contributed by atoms with Crippen LogP contribution < -0.4 is 5.32 Å². The number of nitrogens with one attached hydrogen (secondary N) is 1. The second kappa shape index (κ2) is 6.93. The van der Waals surface area contributed by atoms with E-state index in [0.717, 1.165) is 24.0 Å². The average Bonchev–Trinajstić information content (AvgIpc) is 3.41. The fraction of sp³-hybridized carbons (Fsp3) is 0.556. The van der Waals surface area contributed by atoms with Crippen LogP contribution in [0.2, 0.25) is 0 Å². The van der Waals surface area contributed by atoms with Gasteiger partial charge in [0.15, 0.2) is 5.65 Å². The Morgan fingerprint density at radius 3 is 2.69 bits per heavy atom. The van der Waals surface area contributed by atoms with Crippen LogP contribution in [0.4, 0.5) is 4.79 Å². The molecule has 2 aromatic heterocycles. The Hall–Kier alpha value is -2.64. The molecule has 1 N–H and O–H groups in total. The summed E-state index contributed by atoms with van der Waals surface area (Å²) in [6.45, 7) is 3.35. The first-order valence-corrected chi connectivity index (χ1v) is 9.21. The lowest BCUT2D eigenvalue weighted by atomic mass is 10.0. The van der Waals surface area contributed by atoms with Crippen LogP contribution in [0.1, 0.15) is 49.0 Å². The van der Waals surface area contributed by atoms with Crippen molar-refractivity contribution in [1.29, 1.82) is 0 Å². The van der Waals surface area contributed by atoms with Crippen molar-refractivity contribution in [2.45, 2.75) is 44.7 Å². The quantitative estimate of drug-likeness (QED) is 0.905. The number of carbonyl (C=O) groups is 2. The van der Waals surface area contributed by atoms with Gasteiger partial charge in [-0.1, -0.05) is 0 Å². The van der Waals surface area contributed by atoms with Crippen LogP contribution in [0.25, 0.3) is 11.2 Å². The Balaban J connectivity index is 1.36. The van der Waals surface area contributed by atoms with Crippen LogP contribution in [0.5, 0.6) is 0 Å². The van der Waals surface area contributed by atoms with Crippen molar-refractivity contribution in [3.63, 3.8) is 0 Å². The lowest BCUT2D eigenvalue weighted by Crippen LogP contribution is -2.46. The van der Waals surface area contributed by atoms with Crippen LogP contribution in [0, 0.1) is 0 Å². The molecule has 2 amide bonds. The zero-order valence-electron chi connectivity index (χ0n) is 14.9.